The van der Waals surface area contributed by atoms with E-state index in [4.69, 9.17) is 0 Å². The quantitative estimate of drug-likeness (QED) is 0.738. The molecular weight excluding hydrogens is 281 g/mol. The summed E-state index contributed by atoms with van der Waals surface area (Å²) in [7, 11) is 0. The third kappa shape index (κ3) is 2.23. The molecular formula is C15H9F3N2O. The molecule has 0 bridgehead atoms. The fourth-order valence-electron chi connectivity index (χ4n) is 2.16. The highest BCUT2D eigenvalue weighted by Gasteiger charge is 2.22. The van der Waals surface area contributed by atoms with Crippen LogP contribution in [0, 0.1) is 17.5 Å². The summed E-state index contributed by atoms with van der Waals surface area (Å²) >= 11 is 0. The highest BCUT2D eigenvalue weighted by molar-refractivity contribution is 5.78. The number of aliphatic hydroxyl groups excluding tert-OH is 1. The standard InChI is InChI=1S/C15H9F3N2O/c16-10-5-4-8(12(17)13(10)18)15(21)9-2-1-3-11-14(9)20-7-6-19-11/h1-7,15,21H. The van der Waals surface area contributed by atoms with Crippen LogP contribution in [0.4, 0.5) is 13.2 Å². The summed E-state index contributed by atoms with van der Waals surface area (Å²) in [5.74, 6) is -4.33. The Labute approximate surface area is 117 Å². The van der Waals surface area contributed by atoms with E-state index in [-0.39, 0.29) is 11.1 Å². The molecule has 1 heterocycles. The van der Waals surface area contributed by atoms with Gasteiger partial charge in [0.25, 0.3) is 0 Å². The molecule has 0 amide bonds. The molecule has 1 N–H and O–H groups in total. The van der Waals surface area contributed by atoms with Crippen molar-refractivity contribution in [2.75, 3.05) is 0 Å². The first kappa shape index (κ1) is 13.5. The van der Waals surface area contributed by atoms with Gasteiger partial charge in [0.05, 0.1) is 11.0 Å². The molecule has 1 atom stereocenters. The van der Waals surface area contributed by atoms with Crippen LogP contribution in [0.15, 0.2) is 42.7 Å². The molecule has 0 saturated heterocycles. The summed E-state index contributed by atoms with van der Waals surface area (Å²) in [5.41, 5.74) is 0.797. The van der Waals surface area contributed by atoms with Crippen LogP contribution in [-0.2, 0) is 0 Å². The predicted molar refractivity (Wildman–Crippen MR) is 69.9 cm³/mol. The highest BCUT2D eigenvalue weighted by Crippen LogP contribution is 2.29. The van der Waals surface area contributed by atoms with Crippen LogP contribution >= 0.6 is 0 Å². The number of hydrogen-bond acceptors (Lipinski definition) is 3. The van der Waals surface area contributed by atoms with E-state index in [0.29, 0.717) is 11.0 Å². The molecule has 0 radical (unpaired) electrons. The third-order valence-corrected chi connectivity index (χ3v) is 3.18. The molecule has 0 saturated carbocycles. The first-order valence-electron chi connectivity index (χ1n) is 6.10. The minimum atomic E-state index is -1.61. The summed E-state index contributed by atoms with van der Waals surface area (Å²) in [4.78, 5) is 8.16. The lowest BCUT2D eigenvalue weighted by molar-refractivity contribution is 0.214. The first-order valence-corrected chi connectivity index (χ1v) is 6.10. The maximum absolute atomic E-state index is 13.8. The van der Waals surface area contributed by atoms with E-state index in [1.807, 2.05) is 0 Å². The molecule has 0 aliphatic rings. The maximum Gasteiger partial charge on any atom is 0.194 e. The molecule has 3 nitrogen and oxygen atoms in total. The number of hydrogen-bond donors (Lipinski definition) is 1. The zero-order valence-electron chi connectivity index (χ0n) is 10.6. The number of fused-ring (bicyclic) bond motifs is 1. The minimum Gasteiger partial charge on any atom is -0.383 e. The Balaban J connectivity index is 2.17. The van der Waals surface area contributed by atoms with Crippen LogP contribution in [0.2, 0.25) is 0 Å². The van der Waals surface area contributed by atoms with Crippen LogP contribution in [0.1, 0.15) is 17.2 Å². The van der Waals surface area contributed by atoms with Crippen LogP contribution < -0.4 is 0 Å². The van der Waals surface area contributed by atoms with E-state index >= 15 is 0 Å². The average Bonchev–Trinajstić information content (AvgIpc) is 2.51. The summed E-state index contributed by atoms with van der Waals surface area (Å²) in [6.45, 7) is 0. The first-order chi connectivity index (χ1) is 10.1. The molecule has 21 heavy (non-hydrogen) atoms. The van der Waals surface area contributed by atoms with E-state index in [1.165, 1.54) is 18.5 Å². The van der Waals surface area contributed by atoms with Crippen molar-refractivity contribution in [3.8, 4) is 0 Å². The van der Waals surface area contributed by atoms with Gasteiger partial charge in [0.2, 0.25) is 0 Å². The minimum absolute atomic E-state index is 0.269. The molecule has 1 aromatic heterocycles. The second-order valence-corrected chi connectivity index (χ2v) is 4.44. The van der Waals surface area contributed by atoms with Gasteiger partial charge in [-0.3, -0.25) is 9.97 Å². The van der Waals surface area contributed by atoms with Gasteiger partial charge >= 0.3 is 0 Å². The lowest BCUT2D eigenvalue weighted by Gasteiger charge is -2.14. The van der Waals surface area contributed by atoms with Crippen LogP contribution in [0.3, 0.4) is 0 Å². The fraction of sp³-hybridized carbons (Fsp3) is 0.0667. The Bertz CT molecular complexity index is 818. The molecule has 6 heteroatoms. The van der Waals surface area contributed by atoms with E-state index in [2.05, 4.69) is 9.97 Å². The second kappa shape index (κ2) is 5.14. The number of para-hydroxylation sites is 1. The van der Waals surface area contributed by atoms with E-state index < -0.39 is 23.6 Å². The van der Waals surface area contributed by atoms with Crippen molar-refractivity contribution < 1.29 is 18.3 Å². The van der Waals surface area contributed by atoms with Crippen LogP contribution in [-0.4, -0.2) is 15.1 Å². The number of halogens is 3. The van der Waals surface area contributed by atoms with Crippen molar-refractivity contribution in [3.05, 3.63) is 71.3 Å². The van der Waals surface area contributed by atoms with Gasteiger partial charge in [-0.05, 0) is 12.1 Å². The zero-order valence-corrected chi connectivity index (χ0v) is 10.6. The Hall–Kier alpha value is -2.47. The van der Waals surface area contributed by atoms with Gasteiger partial charge in [-0.15, -0.1) is 0 Å². The van der Waals surface area contributed by atoms with E-state index in [0.717, 1.165) is 12.1 Å². The molecule has 106 valence electrons. The van der Waals surface area contributed by atoms with Gasteiger partial charge in [-0.1, -0.05) is 18.2 Å². The van der Waals surface area contributed by atoms with Crippen molar-refractivity contribution in [1.29, 1.82) is 0 Å². The zero-order chi connectivity index (χ0) is 15.0. The van der Waals surface area contributed by atoms with Crippen molar-refractivity contribution in [2.24, 2.45) is 0 Å². The Morgan fingerprint density at radius 3 is 2.43 bits per heavy atom. The Morgan fingerprint density at radius 1 is 0.857 bits per heavy atom. The van der Waals surface area contributed by atoms with E-state index in [1.54, 1.807) is 12.1 Å². The maximum atomic E-state index is 13.8. The molecule has 3 aromatic rings. The van der Waals surface area contributed by atoms with Gasteiger partial charge in [0, 0.05) is 23.5 Å². The third-order valence-electron chi connectivity index (χ3n) is 3.18. The van der Waals surface area contributed by atoms with Gasteiger partial charge in [0.15, 0.2) is 17.5 Å². The molecule has 0 fully saturated rings. The topological polar surface area (TPSA) is 46.0 Å². The number of aromatic nitrogens is 2. The van der Waals surface area contributed by atoms with Crippen molar-refractivity contribution in [1.82, 2.24) is 9.97 Å². The predicted octanol–water partition coefficient (Wildman–Crippen LogP) is 3.13. The summed E-state index contributed by atoms with van der Waals surface area (Å²) in [5, 5.41) is 10.3. The van der Waals surface area contributed by atoms with Crippen LogP contribution in [0.25, 0.3) is 11.0 Å². The van der Waals surface area contributed by atoms with Crippen molar-refractivity contribution in [3.63, 3.8) is 0 Å². The van der Waals surface area contributed by atoms with Crippen molar-refractivity contribution >= 4 is 11.0 Å². The monoisotopic (exact) mass is 290 g/mol. The fourth-order valence-corrected chi connectivity index (χ4v) is 2.16. The summed E-state index contributed by atoms with van der Waals surface area (Å²) < 4.78 is 40.0. The van der Waals surface area contributed by atoms with E-state index in [9.17, 15) is 18.3 Å². The molecule has 0 aliphatic carbocycles. The number of rotatable bonds is 2. The SMILES string of the molecule is OC(c1ccc(F)c(F)c1F)c1cccc2nccnc12. The highest BCUT2D eigenvalue weighted by atomic mass is 19.2. The van der Waals surface area contributed by atoms with Gasteiger partial charge in [0.1, 0.15) is 6.10 Å². The molecule has 3 rings (SSSR count). The smallest absolute Gasteiger partial charge is 0.194 e. The van der Waals surface area contributed by atoms with Gasteiger partial charge < -0.3 is 5.11 Å². The largest absolute Gasteiger partial charge is 0.383 e. The Kier molecular flexibility index (Phi) is 3.31. The van der Waals surface area contributed by atoms with Crippen LogP contribution in [0.5, 0.6) is 0 Å². The Morgan fingerprint density at radius 2 is 1.62 bits per heavy atom. The molecule has 1 unspecified atom stereocenters. The van der Waals surface area contributed by atoms with Gasteiger partial charge in [-0.2, -0.15) is 0 Å². The summed E-state index contributed by atoms with van der Waals surface area (Å²) in [6.07, 6.45) is 1.44. The normalized spacial score (nSPS) is 12.6. The molecule has 0 spiro atoms. The number of benzene rings is 2. The van der Waals surface area contributed by atoms with Gasteiger partial charge in [-0.25, -0.2) is 13.2 Å². The number of nitrogens with zero attached hydrogens (tertiary/aromatic N) is 2. The lowest BCUT2D eigenvalue weighted by atomic mass is 9.99. The molecule has 2 aromatic carbocycles. The van der Waals surface area contributed by atoms with Crippen molar-refractivity contribution in [2.45, 2.75) is 6.10 Å². The molecule has 0 aliphatic heterocycles. The second-order valence-electron chi connectivity index (χ2n) is 4.44. The lowest BCUT2D eigenvalue weighted by Crippen LogP contribution is -2.07. The average molecular weight is 290 g/mol. The number of aliphatic hydroxyl groups is 1. The summed E-state index contributed by atoms with van der Waals surface area (Å²) in [6, 6.07) is 6.61.